The maximum Gasteiger partial charge on any atom is 0.411 e. The van der Waals surface area contributed by atoms with Gasteiger partial charge in [-0.05, 0) is 42.3 Å². The Hall–Kier alpha value is -5.38. The van der Waals surface area contributed by atoms with Gasteiger partial charge in [-0.3, -0.25) is 19.1 Å². The van der Waals surface area contributed by atoms with E-state index in [1.807, 2.05) is 0 Å². The molecule has 1 fully saturated rings. The lowest BCUT2D eigenvalue weighted by atomic mass is 10.0. The number of benzene rings is 2. The van der Waals surface area contributed by atoms with Gasteiger partial charge in [-0.15, -0.1) is 0 Å². The van der Waals surface area contributed by atoms with Gasteiger partial charge >= 0.3 is 17.8 Å². The van der Waals surface area contributed by atoms with Gasteiger partial charge in [0.15, 0.2) is 0 Å². The molecular weight excluding hydrogens is 640 g/mol. The largest absolute Gasteiger partial charge is 0.480 e. The van der Waals surface area contributed by atoms with Crippen molar-refractivity contribution in [2.45, 2.75) is 31.6 Å². The molecule has 0 aliphatic carbocycles. The van der Waals surface area contributed by atoms with Crippen LogP contribution in [0.1, 0.15) is 27.0 Å². The third-order valence-electron chi connectivity index (χ3n) is 8.02. The van der Waals surface area contributed by atoms with Crippen LogP contribution in [0.25, 0.3) is 16.7 Å². The van der Waals surface area contributed by atoms with Crippen molar-refractivity contribution in [2.24, 2.45) is 12.0 Å². The molecular formula is C32H30F4N6O6. The second-order valence-electron chi connectivity index (χ2n) is 11.1. The van der Waals surface area contributed by atoms with Crippen LogP contribution < -0.4 is 21.5 Å². The third-order valence-corrected chi connectivity index (χ3v) is 8.02. The number of anilines is 1. The van der Waals surface area contributed by atoms with Crippen LogP contribution in [0.2, 0.25) is 0 Å². The molecule has 2 aromatic heterocycles. The van der Waals surface area contributed by atoms with Crippen molar-refractivity contribution in [3.8, 4) is 5.82 Å². The average Bonchev–Trinajstić information content (AvgIpc) is 3.03. The molecule has 1 saturated heterocycles. The van der Waals surface area contributed by atoms with E-state index in [2.05, 4.69) is 15.3 Å². The molecule has 2 atom stereocenters. The molecule has 5 rings (SSSR count). The molecule has 12 nitrogen and oxygen atoms in total. The molecule has 1 aliphatic heterocycles. The molecule has 0 saturated carbocycles. The number of halogens is 4. The smallest absolute Gasteiger partial charge is 0.411 e. The zero-order chi connectivity index (χ0) is 34.9. The number of carbonyl (C=O) groups is 2. The number of aliphatic carboxylic acids is 1. The molecule has 0 spiro atoms. The zero-order valence-electron chi connectivity index (χ0n) is 25.9. The van der Waals surface area contributed by atoms with Crippen molar-refractivity contribution in [1.82, 2.24) is 19.4 Å². The van der Waals surface area contributed by atoms with Gasteiger partial charge in [-0.2, -0.15) is 13.2 Å². The Kier molecular flexibility index (Phi) is 9.47. The van der Waals surface area contributed by atoms with Gasteiger partial charge < -0.3 is 20.1 Å². The number of nitrogens with zero attached hydrogens (tertiary/aromatic N) is 5. The van der Waals surface area contributed by atoms with Gasteiger partial charge in [-0.1, -0.05) is 18.2 Å². The highest BCUT2D eigenvalue weighted by Gasteiger charge is 2.45. The van der Waals surface area contributed by atoms with Crippen molar-refractivity contribution in [1.29, 1.82) is 0 Å². The summed E-state index contributed by atoms with van der Waals surface area (Å²) >= 11 is 0. The van der Waals surface area contributed by atoms with Crippen molar-refractivity contribution in [3.63, 3.8) is 0 Å². The van der Waals surface area contributed by atoms with E-state index in [1.165, 1.54) is 49.1 Å². The van der Waals surface area contributed by atoms with Gasteiger partial charge in [0.1, 0.15) is 23.7 Å². The first-order valence-corrected chi connectivity index (χ1v) is 14.6. The number of ether oxygens (including phenoxy) is 1. The highest BCUT2D eigenvalue weighted by molar-refractivity contribution is 5.99. The van der Waals surface area contributed by atoms with Crippen LogP contribution in [0, 0.1) is 12.7 Å². The normalized spacial score (nSPS) is 16.0. The summed E-state index contributed by atoms with van der Waals surface area (Å²) in [4.78, 5) is 60.9. The van der Waals surface area contributed by atoms with E-state index in [0.29, 0.717) is 16.6 Å². The molecule has 1 aliphatic rings. The van der Waals surface area contributed by atoms with E-state index in [0.717, 1.165) is 15.5 Å². The fourth-order valence-electron chi connectivity index (χ4n) is 5.67. The van der Waals surface area contributed by atoms with E-state index in [4.69, 9.17) is 4.74 Å². The zero-order valence-corrected chi connectivity index (χ0v) is 25.9. The Labute approximate surface area is 269 Å². The number of carboxylic acid groups (broad SMARTS) is 1. The number of rotatable bonds is 8. The summed E-state index contributed by atoms with van der Waals surface area (Å²) in [5.41, 5.74) is -0.727. The van der Waals surface area contributed by atoms with E-state index in [9.17, 15) is 37.5 Å². The Morgan fingerprint density at radius 3 is 2.58 bits per heavy atom. The SMILES string of the molecule is CN=Cc1cccc2c1c(=O)n(-c1ccc(C[C@H](NC(=O)c3c(C)cc(N4CCOC[C@@H]4C(F)(F)F)cc3F)C(=O)O)cn1)c(=O)n2C. The van der Waals surface area contributed by atoms with Gasteiger partial charge in [0.05, 0.1) is 29.7 Å². The highest BCUT2D eigenvalue weighted by atomic mass is 19.4. The van der Waals surface area contributed by atoms with Crippen LogP contribution in [0.3, 0.4) is 0 Å². The van der Waals surface area contributed by atoms with Crippen molar-refractivity contribution in [2.75, 3.05) is 31.7 Å². The molecule has 0 unspecified atom stereocenters. The number of pyridine rings is 1. The second kappa shape index (κ2) is 13.4. The number of hydrogen-bond acceptors (Lipinski definition) is 8. The summed E-state index contributed by atoms with van der Waals surface area (Å²) in [5, 5.41) is 12.3. The number of fused-ring (bicyclic) bond motifs is 1. The van der Waals surface area contributed by atoms with E-state index < -0.39 is 59.4 Å². The Morgan fingerprint density at radius 1 is 1.21 bits per heavy atom. The summed E-state index contributed by atoms with van der Waals surface area (Å²) in [6, 6.07) is 6.25. The molecule has 4 aromatic rings. The predicted molar refractivity (Wildman–Crippen MR) is 168 cm³/mol. The molecule has 3 heterocycles. The molecule has 16 heteroatoms. The number of aryl methyl sites for hydroxylation is 2. The molecule has 252 valence electrons. The number of aliphatic imine (C=N–C) groups is 1. The number of aromatic nitrogens is 3. The summed E-state index contributed by atoms with van der Waals surface area (Å²) in [6.07, 6.45) is -2.22. The van der Waals surface area contributed by atoms with Crippen LogP contribution in [-0.2, 0) is 23.0 Å². The van der Waals surface area contributed by atoms with E-state index in [1.54, 1.807) is 25.2 Å². The number of carboxylic acids is 1. The monoisotopic (exact) mass is 670 g/mol. The van der Waals surface area contributed by atoms with E-state index in [-0.39, 0.29) is 42.0 Å². The maximum absolute atomic E-state index is 15.3. The average molecular weight is 671 g/mol. The van der Waals surface area contributed by atoms with Gasteiger partial charge in [0, 0.05) is 50.7 Å². The topological polar surface area (TPSA) is 148 Å². The van der Waals surface area contributed by atoms with Crippen molar-refractivity contribution < 1.29 is 37.0 Å². The fourth-order valence-corrected chi connectivity index (χ4v) is 5.67. The minimum Gasteiger partial charge on any atom is -0.480 e. The first kappa shape index (κ1) is 34.0. The Morgan fingerprint density at radius 2 is 1.96 bits per heavy atom. The lowest BCUT2D eigenvalue weighted by Crippen LogP contribution is -2.53. The van der Waals surface area contributed by atoms with Crippen LogP contribution in [0.15, 0.2) is 63.2 Å². The lowest BCUT2D eigenvalue weighted by Gasteiger charge is -2.38. The Bertz CT molecular complexity index is 2020. The molecule has 2 aromatic carbocycles. The summed E-state index contributed by atoms with van der Waals surface area (Å²) < 4.78 is 63.1. The lowest BCUT2D eigenvalue weighted by molar-refractivity contribution is -0.167. The molecule has 2 N–H and O–H groups in total. The van der Waals surface area contributed by atoms with Gasteiger partial charge in [-0.25, -0.2) is 23.5 Å². The van der Waals surface area contributed by atoms with Gasteiger partial charge in [0.25, 0.3) is 11.5 Å². The molecule has 48 heavy (non-hydrogen) atoms. The molecule has 0 radical (unpaired) electrons. The van der Waals surface area contributed by atoms with Crippen molar-refractivity contribution in [3.05, 3.63) is 97.6 Å². The second-order valence-corrected chi connectivity index (χ2v) is 11.1. The quantitative estimate of drug-likeness (QED) is 0.215. The minimum absolute atomic E-state index is 0.000785. The highest BCUT2D eigenvalue weighted by Crippen LogP contribution is 2.33. The van der Waals surface area contributed by atoms with Gasteiger partial charge in [0.2, 0.25) is 0 Å². The minimum atomic E-state index is -4.64. The summed E-state index contributed by atoms with van der Waals surface area (Å²) in [5.74, 6) is -3.69. The maximum atomic E-state index is 15.3. The predicted octanol–water partition coefficient (Wildman–Crippen LogP) is 2.77. The van der Waals surface area contributed by atoms with E-state index >= 15 is 4.39 Å². The Balaban J connectivity index is 1.38. The molecule has 1 amide bonds. The summed E-state index contributed by atoms with van der Waals surface area (Å²) in [6.45, 7) is 0.547. The fraction of sp³-hybridized carbons (Fsp3) is 0.312. The van der Waals surface area contributed by atoms with Crippen LogP contribution in [-0.4, -0.2) is 82.4 Å². The van der Waals surface area contributed by atoms with Crippen LogP contribution in [0.4, 0.5) is 23.2 Å². The first-order chi connectivity index (χ1) is 22.7. The number of amides is 1. The summed E-state index contributed by atoms with van der Waals surface area (Å²) in [7, 11) is 3.05. The number of morpholine rings is 1. The standard InChI is InChI=1S/C32H30F4N6O6/c1-17-11-20(41-9-10-48-16-24(41)32(34,35)36)13-21(33)26(17)28(43)39-22(30(45)46)12-18-7-8-25(38-14-18)42-29(44)27-19(15-37-2)5-4-6-23(27)40(3)31(42)47/h4-8,11,13-15,22,24H,9-10,12,16H2,1-3H3,(H,39,43)(H,45,46)/t22-,24+/m0/s1. The number of nitrogens with one attached hydrogen (secondary N) is 1. The number of hydrogen-bond donors (Lipinski definition) is 2. The first-order valence-electron chi connectivity index (χ1n) is 14.6. The number of alkyl halides is 3. The third kappa shape index (κ3) is 6.56. The number of carbonyl (C=O) groups excluding carboxylic acids is 1. The van der Waals surface area contributed by atoms with Crippen LogP contribution >= 0.6 is 0 Å². The van der Waals surface area contributed by atoms with Crippen LogP contribution in [0.5, 0.6) is 0 Å². The molecule has 0 bridgehead atoms. The van der Waals surface area contributed by atoms with Crippen molar-refractivity contribution >= 4 is 34.7 Å².